The lowest BCUT2D eigenvalue weighted by Crippen LogP contribution is -2.45. The molecule has 9 nitrogen and oxygen atoms in total. The molecule has 2 aromatic rings. The Balaban J connectivity index is 1.25. The van der Waals surface area contributed by atoms with E-state index in [2.05, 4.69) is 27.7 Å². The third-order valence-electron chi connectivity index (χ3n) is 7.18. The van der Waals surface area contributed by atoms with Crippen LogP contribution in [0.4, 0.5) is 10.6 Å². The number of pyridine rings is 1. The van der Waals surface area contributed by atoms with Crippen molar-refractivity contribution in [3.8, 4) is 5.75 Å². The van der Waals surface area contributed by atoms with Gasteiger partial charge >= 0.3 is 12.1 Å². The quantitative estimate of drug-likeness (QED) is 0.296. The molecule has 206 valence electrons. The minimum Gasteiger partial charge on any atom is -0.492 e. The Labute approximate surface area is 224 Å². The summed E-state index contributed by atoms with van der Waals surface area (Å²) in [6.07, 6.45) is 7.36. The van der Waals surface area contributed by atoms with Gasteiger partial charge in [0.1, 0.15) is 30.3 Å². The number of ether oxygens (including phenoxy) is 2. The fraction of sp³-hybridized carbons (Fsp3) is 0.552. The maximum atomic E-state index is 12.1. The average Bonchev–Trinajstić information content (AvgIpc) is 2.91. The van der Waals surface area contributed by atoms with Crippen LogP contribution in [0.5, 0.6) is 5.75 Å². The van der Waals surface area contributed by atoms with Gasteiger partial charge in [-0.3, -0.25) is 4.90 Å². The monoisotopic (exact) mass is 524 g/mol. The van der Waals surface area contributed by atoms with Gasteiger partial charge in [0.05, 0.1) is 0 Å². The van der Waals surface area contributed by atoms with Crippen LogP contribution in [0, 0.1) is 0 Å². The van der Waals surface area contributed by atoms with Crippen molar-refractivity contribution in [1.29, 1.82) is 0 Å². The number of alkyl carbamates (subject to hydrolysis) is 1. The van der Waals surface area contributed by atoms with Crippen LogP contribution in [-0.2, 0) is 22.4 Å². The predicted octanol–water partition coefficient (Wildman–Crippen LogP) is 4.27. The molecule has 1 amide bonds. The summed E-state index contributed by atoms with van der Waals surface area (Å²) >= 11 is 0. The molecule has 1 aliphatic carbocycles. The van der Waals surface area contributed by atoms with Crippen molar-refractivity contribution < 1.29 is 24.2 Å². The SMILES string of the molecule is O=C(N[C@@H](CCN(CCCCc1ccc2c(n1)NCCC2)CCOc1ccccc1)C(=O)O)OC1CCC1. The topological polar surface area (TPSA) is 113 Å². The summed E-state index contributed by atoms with van der Waals surface area (Å²) in [6.45, 7) is 3.47. The lowest BCUT2D eigenvalue weighted by molar-refractivity contribution is -0.139. The normalized spacial score (nSPS) is 15.6. The van der Waals surface area contributed by atoms with Crippen LogP contribution in [0.1, 0.15) is 56.2 Å². The van der Waals surface area contributed by atoms with Crippen molar-refractivity contribution in [1.82, 2.24) is 15.2 Å². The van der Waals surface area contributed by atoms with E-state index in [1.165, 1.54) is 5.56 Å². The molecule has 0 saturated heterocycles. The van der Waals surface area contributed by atoms with Crippen molar-refractivity contribution in [3.05, 3.63) is 53.7 Å². The van der Waals surface area contributed by atoms with E-state index in [4.69, 9.17) is 14.5 Å². The second-order valence-electron chi connectivity index (χ2n) is 10.1. The highest BCUT2D eigenvalue weighted by atomic mass is 16.6. The van der Waals surface area contributed by atoms with Crippen LogP contribution in [0.2, 0.25) is 0 Å². The summed E-state index contributed by atoms with van der Waals surface area (Å²) < 4.78 is 11.2. The van der Waals surface area contributed by atoms with Gasteiger partial charge in [-0.05, 0) is 88.1 Å². The number of anilines is 1. The zero-order valence-electron chi connectivity index (χ0n) is 22.1. The van der Waals surface area contributed by atoms with Gasteiger partial charge < -0.3 is 25.2 Å². The van der Waals surface area contributed by atoms with E-state index in [0.717, 1.165) is 81.7 Å². The highest BCUT2D eigenvalue weighted by Gasteiger charge is 2.26. The molecule has 1 saturated carbocycles. The smallest absolute Gasteiger partial charge is 0.408 e. The molecular formula is C29H40N4O5. The maximum Gasteiger partial charge on any atom is 0.408 e. The van der Waals surface area contributed by atoms with Gasteiger partial charge in [0.25, 0.3) is 0 Å². The molecule has 1 aromatic carbocycles. The van der Waals surface area contributed by atoms with Gasteiger partial charge in [-0.25, -0.2) is 14.6 Å². The number of hydrogen-bond donors (Lipinski definition) is 3. The second kappa shape index (κ2) is 14.6. The number of unbranched alkanes of at least 4 members (excludes halogenated alkanes) is 1. The number of aliphatic carboxylic acids is 1. The fourth-order valence-electron chi connectivity index (χ4n) is 4.68. The molecule has 0 spiro atoms. The number of rotatable bonds is 15. The number of nitrogens with one attached hydrogen (secondary N) is 2. The van der Waals surface area contributed by atoms with Gasteiger partial charge in [-0.15, -0.1) is 0 Å². The third kappa shape index (κ3) is 8.90. The number of aromatic nitrogens is 1. The summed E-state index contributed by atoms with van der Waals surface area (Å²) in [5.74, 6) is 0.781. The minimum atomic E-state index is -1.05. The van der Waals surface area contributed by atoms with Gasteiger partial charge in [-0.2, -0.15) is 0 Å². The number of hydrogen-bond acceptors (Lipinski definition) is 7. The molecular weight excluding hydrogens is 484 g/mol. The molecule has 4 rings (SSSR count). The van der Waals surface area contributed by atoms with E-state index in [1.807, 2.05) is 30.3 Å². The molecule has 2 heterocycles. The first-order valence-electron chi connectivity index (χ1n) is 13.9. The molecule has 1 atom stereocenters. The lowest BCUT2D eigenvalue weighted by Gasteiger charge is -2.27. The third-order valence-corrected chi connectivity index (χ3v) is 7.18. The van der Waals surface area contributed by atoms with Crippen LogP contribution >= 0.6 is 0 Å². The number of para-hydroxylation sites is 1. The predicted molar refractivity (Wildman–Crippen MR) is 146 cm³/mol. The first-order chi connectivity index (χ1) is 18.6. The van der Waals surface area contributed by atoms with E-state index in [-0.39, 0.29) is 6.10 Å². The molecule has 1 aromatic heterocycles. The van der Waals surface area contributed by atoms with E-state index in [9.17, 15) is 14.7 Å². The molecule has 38 heavy (non-hydrogen) atoms. The Morgan fingerprint density at radius 3 is 2.68 bits per heavy atom. The molecule has 1 fully saturated rings. The molecule has 0 bridgehead atoms. The summed E-state index contributed by atoms with van der Waals surface area (Å²) in [6, 6.07) is 13.0. The van der Waals surface area contributed by atoms with E-state index >= 15 is 0 Å². The number of nitrogens with zero attached hydrogens (tertiary/aromatic N) is 2. The largest absolute Gasteiger partial charge is 0.492 e. The number of carboxylic acids is 1. The van der Waals surface area contributed by atoms with Crippen LogP contribution < -0.4 is 15.4 Å². The second-order valence-corrected chi connectivity index (χ2v) is 10.1. The summed E-state index contributed by atoms with van der Waals surface area (Å²) in [4.78, 5) is 30.9. The number of amides is 1. The van der Waals surface area contributed by atoms with Crippen LogP contribution in [0.15, 0.2) is 42.5 Å². The van der Waals surface area contributed by atoms with Crippen LogP contribution in [-0.4, -0.2) is 72.0 Å². The van der Waals surface area contributed by atoms with Gasteiger partial charge in [0, 0.05) is 25.3 Å². The molecule has 1 aliphatic heterocycles. The minimum absolute atomic E-state index is 0.0866. The number of carbonyl (C=O) groups is 2. The Morgan fingerprint density at radius 1 is 1.08 bits per heavy atom. The van der Waals surface area contributed by atoms with Crippen molar-refractivity contribution in [2.75, 3.05) is 38.1 Å². The first kappa shape index (κ1) is 27.7. The fourth-order valence-corrected chi connectivity index (χ4v) is 4.68. The van der Waals surface area contributed by atoms with Crippen molar-refractivity contribution in [3.63, 3.8) is 0 Å². The Hall–Kier alpha value is -3.33. The molecule has 0 unspecified atom stereocenters. The lowest BCUT2D eigenvalue weighted by atomic mass is 9.96. The number of carboxylic acid groups (broad SMARTS) is 1. The zero-order chi connectivity index (χ0) is 26.6. The summed E-state index contributed by atoms with van der Waals surface area (Å²) in [5, 5.41) is 15.6. The molecule has 0 radical (unpaired) electrons. The van der Waals surface area contributed by atoms with Crippen molar-refractivity contribution >= 4 is 17.9 Å². The Morgan fingerprint density at radius 2 is 1.92 bits per heavy atom. The Bertz CT molecular complexity index is 1030. The van der Waals surface area contributed by atoms with Crippen LogP contribution in [0.3, 0.4) is 0 Å². The van der Waals surface area contributed by atoms with Crippen LogP contribution in [0.25, 0.3) is 0 Å². The summed E-state index contributed by atoms with van der Waals surface area (Å²) in [5.41, 5.74) is 2.39. The maximum absolute atomic E-state index is 12.1. The zero-order valence-corrected chi connectivity index (χ0v) is 22.1. The number of aryl methyl sites for hydroxylation is 2. The number of fused-ring (bicyclic) bond motifs is 1. The highest BCUT2D eigenvalue weighted by Crippen LogP contribution is 2.22. The van der Waals surface area contributed by atoms with E-state index in [0.29, 0.717) is 26.1 Å². The van der Waals surface area contributed by atoms with Gasteiger partial charge in [-0.1, -0.05) is 24.3 Å². The van der Waals surface area contributed by atoms with Crippen molar-refractivity contribution in [2.45, 2.75) is 69.9 Å². The summed E-state index contributed by atoms with van der Waals surface area (Å²) in [7, 11) is 0. The van der Waals surface area contributed by atoms with E-state index in [1.54, 1.807) is 0 Å². The van der Waals surface area contributed by atoms with Gasteiger partial charge in [0.2, 0.25) is 0 Å². The average molecular weight is 525 g/mol. The van der Waals surface area contributed by atoms with E-state index < -0.39 is 18.1 Å². The first-order valence-corrected chi connectivity index (χ1v) is 13.9. The molecule has 9 heteroatoms. The highest BCUT2D eigenvalue weighted by molar-refractivity contribution is 5.79. The number of benzene rings is 1. The van der Waals surface area contributed by atoms with Crippen molar-refractivity contribution in [2.24, 2.45) is 0 Å². The molecule has 3 N–H and O–H groups in total. The van der Waals surface area contributed by atoms with Gasteiger partial charge in [0.15, 0.2) is 0 Å². The Kier molecular flexibility index (Phi) is 10.6. The molecule has 2 aliphatic rings. The number of carbonyl (C=O) groups excluding carboxylic acids is 1. The standard InChI is InChI=1S/C29H40N4O5/c34-28(35)26(32-29(36)38-25-12-6-13-25)16-19-33(20-21-37-24-10-2-1-3-11-24)18-5-4-9-23-15-14-22-8-7-17-30-27(22)31-23/h1-3,10-11,14-15,25-26H,4-9,12-13,16-21H2,(H,30,31)(H,32,36)(H,34,35)/t26-/m0/s1.